The van der Waals surface area contributed by atoms with Crippen molar-refractivity contribution >= 4 is 11.7 Å². The highest BCUT2D eigenvalue weighted by Crippen LogP contribution is 2.37. The van der Waals surface area contributed by atoms with Crippen LogP contribution in [0.3, 0.4) is 0 Å². The number of aromatic nitrogens is 1. The maximum Gasteiger partial charge on any atom is 0.322 e. The Hall–Kier alpha value is -3.48. The van der Waals surface area contributed by atoms with Crippen LogP contribution >= 0.6 is 0 Å². The van der Waals surface area contributed by atoms with E-state index in [-0.39, 0.29) is 17.9 Å². The molecule has 3 aromatic rings. The topological polar surface area (TPSA) is 55.7 Å². The molecular weight excluding hydrogens is 373 g/mol. The third kappa shape index (κ3) is 3.51. The number of hydrogen-bond acceptors (Lipinski definition) is 3. The fraction of sp³-hybridized carbons (Fsp3) is 0.227. The molecular formula is C22H22FN3O3. The summed E-state index contributed by atoms with van der Waals surface area (Å²) in [6.45, 7) is 1.20. The van der Waals surface area contributed by atoms with Crippen molar-refractivity contribution in [3.05, 3.63) is 77.9 Å². The number of para-hydroxylation sites is 1. The zero-order valence-electron chi connectivity index (χ0n) is 16.3. The second-order valence-corrected chi connectivity index (χ2v) is 6.75. The van der Waals surface area contributed by atoms with Crippen LogP contribution in [0.2, 0.25) is 0 Å². The van der Waals surface area contributed by atoms with Crippen LogP contribution in [0.4, 0.5) is 14.9 Å². The number of ether oxygens (including phenoxy) is 2. The maximum absolute atomic E-state index is 13.5. The lowest BCUT2D eigenvalue weighted by Gasteiger charge is -2.37. The molecule has 7 heteroatoms. The number of benzene rings is 2. The fourth-order valence-electron chi connectivity index (χ4n) is 3.77. The van der Waals surface area contributed by atoms with Gasteiger partial charge in [0.1, 0.15) is 5.82 Å². The number of nitrogens with one attached hydrogen (secondary N) is 1. The largest absolute Gasteiger partial charge is 0.493 e. The standard InChI is InChI=1S/C22H22FN3O3/c1-28-19-7-3-5-17(21(19)29-2)24-22(27)26-14-13-25-12-4-6-18(25)20(26)15-8-10-16(23)11-9-15/h3-12,20H,13-14H2,1-2H3,(H,24,27)/t20-/m0/s1. The summed E-state index contributed by atoms with van der Waals surface area (Å²) in [6.07, 6.45) is 1.99. The Morgan fingerprint density at radius 2 is 1.83 bits per heavy atom. The van der Waals surface area contributed by atoms with Gasteiger partial charge in [-0.05, 0) is 42.0 Å². The van der Waals surface area contributed by atoms with E-state index in [4.69, 9.17) is 9.47 Å². The number of carbonyl (C=O) groups is 1. The Balaban J connectivity index is 1.68. The number of urea groups is 1. The summed E-state index contributed by atoms with van der Waals surface area (Å²) >= 11 is 0. The monoisotopic (exact) mass is 395 g/mol. The van der Waals surface area contributed by atoms with E-state index in [0.29, 0.717) is 30.3 Å². The molecule has 2 heterocycles. The highest BCUT2D eigenvalue weighted by Gasteiger charge is 2.32. The zero-order valence-corrected chi connectivity index (χ0v) is 16.3. The first-order chi connectivity index (χ1) is 14.1. The Morgan fingerprint density at radius 3 is 2.55 bits per heavy atom. The molecule has 1 aliphatic heterocycles. The van der Waals surface area contributed by atoms with Crippen LogP contribution in [-0.2, 0) is 6.54 Å². The molecule has 0 bridgehead atoms. The van der Waals surface area contributed by atoms with Gasteiger partial charge in [0, 0.05) is 25.0 Å². The quantitative estimate of drug-likeness (QED) is 0.717. The maximum atomic E-state index is 13.5. The summed E-state index contributed by atoms with van der Waals surface area (Å²) in [6, 6.07) is 14.9. The highest BCUT2D eigenvalue weighted by atomic mass is 19.1. The number of hydrogen-bond donors (Lipinski definition) is 1. The van der Waals surface area contributed by atoms with Crippen molar-refractivity contribution in [3.63, 3.8) is 0 Å². The molecule has 0 saturated carbocycles. The first kappa shape index (κ1) is 18.9. The normalized spacial score (nSPS) is 15.6. The van der Waals surface area contributed by atoms with Gasteiger partial charge in [0.15, 0.2) is 11.5 Å². The predicted molar refractivity (Wildman–Crippen MR) is 108 cm³/mol. The van der Waals surface area contributed by atoms with Gasteiger partial charge in [-0.2, -0.15) is 0 Å². The SMILES string of the molecule is COc1cccc(NC(=O)N2CCn3cccc3[C@@H]2c2ccc(F)cc2)c1OC. The number of halogens is 1. The van der Waals surface area contributed by atoms with E-state index in [1.165, 1.54) is 19.2 Å². The summed E-state index contributed by atoms with van der Waals surface area (Å²) in [5, 5.41) is 2.94. The van der Waals surface area contributed by atoms with Crippen LogP contribution in [0.25, 0.3) is 0 Å². The van der Waals surface area contributed by atoms with Crippen LogP contribution in [0.5, 0.6) is 11.5 Å². The number of amides is 2. The summed E-state index contributed by atoms with van der Waals surface area (Å²) < 4.78 is 26.3. The van der Waals surface area contributed by atoms with Gasteiger partial charge in [0.2, 0.25) is 0 Å². The fourth-order valence-corrected chi connectivity index (χ4v) is 3.77. The minimum atomic E-state index is -0.323. The Kier molecular flexibility index (Phi) is 5.12. The van der Waals surface area contributed by atoms with Gasteiger partial charge in [0.25, 0.3) is 0 Å². The van der Waals surface area contributed by atoms with Gasteiger partial charge in [-0.15, -0.1) is 0 Å². The molecule has 29 heavy (non-hydrogen) atoms. The number of fused-ring (bicyclic) bond motifs is 1. The van der Waals surface area contributed by atoms with E-state index in [2.05, 4.69) is 9.88 Å². The van der Waals surface area contributed by atoms with Gasteiger partial charge < -0.3 is 24.3 Å². The molecule has 4 rings (SSSR count). The molecule has 0 radical (unpaired) electrons. The molecule has 6 nitrogen and oxygen atoms in total. The summed E-state index contributed by atoms with van der Waals surface area (Å²) in [5.74, 6) is 0.687. The summed E-state index contributed by atoms with van der Waals surface area (Å²) in [4.78, 5) is 15.0. The van der Waals surface area contributed by atoms with Crippen LogP contribution in [0.1, 0.15) is 17.3 Å². The van der Waals surface area contributed by atoms with E-state index in [1.807, 2.05) is 18.3 Å². The average Bonchev–Trinajstić information content (AvgIpc) is 3.22. The molecule has 0 unspecified atom stereocenters. The summed E-state index contributed by atoms with van der Waals surface area (Å²) in [7, 11) is 3.08. The molecule has 0 saturated heterocycles. The molecule has 0 spiro atoms. The molecule has 0 fully saturated rings. The molecule has 2 aromatic carbocycles. The second kappa shape index (κ2) is 7.87. The van der Waals surface area contributed by atoms with Crippen molar-refractivity contribution in [3.8, 4) is 11.5 Å². The van der Waals surface area contributed by atoms with E-state index in [1.54, 1.807) is 42.3 Å². The van der Waals surface area contributed by atoms with Crippen molar-refractivity contribution in [1.82, 2.24) is 9.47 Å². The lowest BCUT2D eigenvalue weighted by atomic mass is 10.0. The van der Waals surface area contributed by atoms with Crippen LogP contribution < -0.4 is 14.8 Å². The molecule has 0 aliphatic carbocycles. The van der Waals surface area contributed by atoms with Crippen LogP contribution in [0.15, 0.2) is 60.8 Å². The first-order valence-electron chi connectivity index (χ1n) is 9.31. The molecule has 1 aromatic heterocycles. The smallest absolute Gasteiger partial charge is 0.322 e. The number of anilines is 1. The number of rotatable bonds is 4. The van der Waals surface area contributed by atoms with Gasteiger partial charge in [-0.1, -0.05) is 18.2 Å². The van der Waals surface area contributed by atoms with E-state index >= 15 is 0 Å². The molecule has 1 atom stereocenters. The number of carbonyl (C=O) groups excluding carboxylic acids is 1. The van der Waals surface area contributed by atoms with Crippen LogP contribution in [-0.4, -0.2) is 36.3 Å². The van der Waals surface area contributed by atoms with Crippen molar-refractivity contribution in [1.29, 1.82) is 0 Å². The lowest BCUT2D eigenvalue weighted by Crippen LogP contribution is -2.44. The second-order valence-electron chi connectivity index (χ2n) is 6.75. The third-order valence-electron chi connectivity index (χ3n) is 5.13. The van der Waals surface area contributed by atoms with Crippen molar-refractivity contribution < 1.29 is 18.7 Å². The molecule has 150 valence electrons. The Labute approximate surface area is 168 Å². The van der Waals surface area contributed by atoms with E-state index in [0.717, 1.165) is 11.3 Å². The zero-order chi connectivity index (χ0) is 20.4. The van der Waals surface area contributed by atoms with E-state index in [9.17, 15) is 9.18 Å². The van der Waals surface area contributed by atoms with Gasteiger partial charge in [0.05, 0.1) is 25.9 Å². The molecule has 2 amide bonds. The molecule has 1 aliphatic rings. The predicted octanol–water partition coefficient (Wildman–Crippen LogP) is 4.28. The van der Waals surface area contributed by atoms with Crippen molar-refractivity contribution in [2.75, 3.05) is 26.1 Å². The van der Waals surface area contributed by atoms with Crippen molar-refractivity contribution in [2.24, 2.45) is 0 Å². The average molecular weight is 395 g/mol. The Morgan fingerprint density at radius 1 is 1.03 bits per heavy atom. The third-order valence-corrected chi connectivity index (χ3v) is 5.13. The highest BCUT2D eigenvalue weighted by molar-refractivity contribution is 5.92. The van der Waals surface area contributed by atoms with Gasteiger partial charge in [-0.25, -0.2) is 9.18 Å². The van der Waals surface area contributed by atoms with Gasteiger partial charge in [-0.3, -0.25) is 0 Å². The number of nitrogens with zero attached hydrogens (tertiary/aromatic N) is 2. The minimum absolute atomic E-state index is 0.265. The lowest BCUT2D eigenvalue weighted by molar-refractivity contribution is 0.181. The summed E-state index contributed by atoms with van der Waals surface area (Å²) in [5.41, 5.74) is 2.35. The van der Waals surface area contributed by atoms with Gasteiger partial charge >= 0.3 is 6.03 Å². The first-order valence-corrected chi connectivity index (χ1v) is 9.31. The van der Waals surface area contributed by atoms with Crippen LogP contribution in [0, 0.1) is 5.82 Å². The van der Waals surface area contributed by atoms with E-state index < -0.39 is 0 Å². The Bertz CT molecular complexity index is 1020. The molecule has 1 N–H and O–H groups in total. The number of methoxy groups -OCH3 is 2. The minimum Gasteiger partial charge on any atom is -0.493 e. The van der Waals surface area contributed by atoms with Crippen molar-refractivity contribution in [2.45, 2.75) is 12.6 Å².